The van der Waals surface area contributed by atoms with Crippen LogP contribution in [0.1, 0.15) is 33.1 Å². The number of aliphatic hydroxyl groups is 1. The van der Waals surface area contributed by atoms with Gasteiger partial charge in [-0.25, -0.2) is 0 Å². The summed E-state index contributed by atoms with van der Waals surface area (Å²) in [6.07, 6.45) is 6.83. The van der Waals surface area contributed by atoms with Crippen molar-refractivity contribution in [1.29, 1.82) is 0 Å². The molecule has 1 fully saturated rings. The van der Waals surface area contributed by atoms with Crippen LogP contribution >= 0.6 is 0 Å². The van der Waals surface area contributed by atoms with Crippen molar-refractivity contribution in [2.24, 2.45) is 0 Å². The minimum absolute atomic E-state index is 0.155. The second kappa shape index (κ2) is 4.19. The van der Waals surface area contributed by atoms with Crippen molar-refractivity contribution in [3.05, 3.63) is 24.8 Å². The lowest BCUT2D eigenvalue weighted by Gasteiger charge is -2.19. The van der Waals surface area contributed by atoms with E-state index in [0.29, 0.717) is 19.3 Å². The third kappa shape index (κ3) is 3.51. The van der Waals surface area contributed by atoms with E-state index in [4.69, 9.17) is 4.74 Å². The molecule has 1 aliphatic heterocycles. The van der Waals surface area contributed by atoms with Gasteiger partial charge in [-0.3, -0.25) is 4.79 Å². The first-order chi connectivity index (χ1) is 6.87. The second-order valence-corrected chi connectivity index (χ2v) is 4.45. The maximum atomic E-state index is 11.0. The van der Waals surface area contributed by atoms with Gasteiger partial charge >= 0.3 is 5.97 Å². The average molecular weight is 210 g/mol. The SMILES string of the molecule is C=C[C@@](C)(O)C/C=C/[C@]1(C)CCC(=O)O1. The fourth-order valence-electron chi connectivity index (χ4n) is 1.46. The zero-order valence-electron chi connectivity index (χ0n) is 9.32. The van der Waals surface area contributed by atoms with Gasteiger partial charge in [0.1, 0.15) is 5.60 Å². The normalized spacial score (nSPS) is 30.2. The van der Waals surface area contributed by atoms with Crippen molar-refractivity contribution < 1.29 is 14.6 Å². The predicted molar refractivity (Wildman–Crippen MR) is 58.3 cm³/mol. The molecule has 0 spiro atoms. The molecule has 15 heavy (non-hydrogen) atoms. The zero-order chi connectivity index (χ0) is 11.5. The highest BCUT2D eigenvalue weighted by Gasteiger charge is 2.33. The Morgan fingerprint density at radius 1 is 1.73 bits per heavy atom. The number of ether oxygens (including phenoxy) is 1. The Kier molecular flexibility index (Phi) is 3.35. The maximum Gasteiger partial charge on any atom is 0.306 e. The summed E-state index contributed by atoms with van der Waals surface area (Å²) in [4.78, 5) is 11.0. The Balaban J connectivity index is 2.51. The van der Waals surface area contributed by atoms with Crippen molar-refractivity contribution in [3.8, 4) is 0 Å². The Hall–Kier alpha value is -1.09. The van der Waals surface area contributed by atoms with Gasteiger partial charge in [0.2, 0.25) is 0 Å². The molecule has 0 aliphatic carbocycles. The number of carbonyl (C=O) groups is 1. The van der Waals surface area contributed by atoms with E-state index in [2.05, 4.69) is 6.58 Å². The Bertz CT molecular complexity index is 291. The molecule has 0 aromatic heterocycles. The van der Waals surface area contributed by atoms with Crippen molar-refractivity contribution in [1.82, 2.24) is 0 Å². The molecular formula is C12H18O3. The fraction of sp³-hybridized carbons (Fsp3) is 0.583. The maximum absolute atomic E-state index is 11.0. The molecule has 1 saturated heterocycles. The van der Waals surface area contributed by atoms with Crippen LogP contribution in [0.2, 0.25) is 0 Å². The van der Waals surface area contributed by atoms with E-state index in [9.17, 15) is 9.90 Å². The summed E-state index contributed by atoms with van der Waals surface area (Å²) >= 11 is 0. The third-order valence-electron chi connectivity index (χ3n) is 2.61. The van der Waals surface area contributed by atoms with Crippen LogP contribution in [0, 0.1) is 0 Å². The summed E-state index contributed by atoms with van der Waals surface area (Å²) in [7, 11) is 0. The number of hydrogen-bond acceptors (Lipinski definition) is 3. The third-order valence-corrected chi connectivity index (χ3v) is 2.61. The van der Waals surface area contributed by atoms with E-state index < -0.39 is 11.2 Å². The van der Waals surface area contributed by atoms with Gasteiger partial charge in [-0.05, 0) is 26.3 Å². The molecule has 1 heterocycles. The number of rotatable bonds is 4. The van der Waals surface area contributed by atoms with Crippen molar-refractivity contribution in [2.75, 3.05) is 0 Å². The van der Waals surface area contributed by atoms with Gasteiger partial charge in [-0.1, -0.05) is 12.2 Å². The fourth-order valence-corrected chi connectivity index (χ4v) is 1.46. The summed E-state index contributed by atoms with van der Waals surface area (Å²) in [5.74, 6) is -0.155. The molecule has 1 rings (SSSR count). The zero-order valence-corrected chi connectivity index (χ0v) is 9.32. The lowest BCUT2D eigenvalue weighted by Crippen LogP contribution is -2.22. The number of carbonyl (C=O) groups excluding carboxylic acids is 1. The van der Waals surface area contributed by atoms with Gasteiger partial charge in [0, 0.05) is 12.8 Å². The highest BCUT2D eigenvalue weighted by atomic mass is 16.6. The summed E-state index contributed by atoms with van der Waals surface area (Å²) in [5, 5.41) is 9.66. The molecule has 3 heteroatoms. The average Bonchev–Trinajstić information content (AvgIpc) is 2.46. The lowest BCUT2D eigenvalue weighted by atomic mass is 9.98. The van der Waals surface area contributed by atoms with Crippen LogP contribution in [-0.4, -0.2) is 22.3 Å². The molecule has 1 aliphatic rings. The van der Waals surface area contributed by atoms with Gasteiger partial charge < -0.3 is 9.84 Å². The molecule has 0 radical (unpaired) electrons. The van der Waals surface area contributed by atoms with E-state index >= 15 is 0 Å². The molecule has 0 amide bonds. The first-order valence-corrected chi connectivity index (χ1v) is 5.12. The minimum Gasteiger partial charge on any atom is -0.455 e. The smallest absolute Gasteiger partial charge is 0.306 e. The highest BCUT2D eigenvalue weighted by Crippen LogP contribution is 2.28. The molecular weight excluding hydrogens is 192 g/mol. The Morgan fingerprint density at radius 2 is 2.40 bits per heavy atom. The molecule has 3 nitrogen and oxygen atoms in total. The van der Waals surface area contributed by atoms with Crippen molar-refractivity contribution >= 4 is 5.97 Å². The van der Waals surface area contributed by atoms with Crippen molar-refractivity contribution in [3.63, 3.8) is 0 Å². The van der Waals surface area contributed by atoms with Crippen LogP contribution in [0.5, 0.6) is 0 Å². The van der Waals surface area contributed by atoms with E-state index in [1.807, 2.05) is 19.1 Å². The van der Waals surface area contributed by atoms with E-state index in [0.717, 1.165) is 0 Å². The van der Waals surface area contributed by atoms with Crippen LogP contribution in [0.4, 0.5) is 0 Å². The molecule has 0 saturated carbocycles. The van der Waals surface area contributed by atoms with Crippen molar-refractivity contribution in [2.45, 2.75) is 44.3 Å². The Labute approximate surface area is 90.4 Å². The standard InChI is InChI=1S/C12H18O3/c1-4-11(2,14)7-5-8-12(3)9-6-10(13)15-12/h4-5,8,14H,1,6-7,9H2,2-3H3/b8-5+/t11-,12-/m1/s1. The Morgan fingerprint density at radius 3 is 2.87 bits per heavy atom. The summed E-state index contributed by atoms with van der Waals surface area (Å²) in [5.41, 5.74) is -1.39. The monoisotopic (exact) mass is 210 g/mol. The van der Waals surface area contributed by atoms with Crippen LogP contribution in [-0.2, 0) is 9.53 Å². The van der Waals surface area contributed by atoms with Gasteiger partial charge in [-0.15, -0.1) is 6.58 Å². The van der Waals surface area contributed by atoms with Gasteiger partial charge in [0.25, 0.3) is 0 Å². The number of esters is 1. The first-order valence-electron chi connectivity index (χ1n) is 5.12. The molecule has 0 bridgehead atoms. The molecule has 1 N–H and O–H groups in total. The first kappa shape index (κ1) is 12.0. The molecule has 0 aromatic carbocycles. The molecule has 0 aromatic rings. The van der Waals surface area contributed by atoms with Crippen LogP contribution in [0.15, 0.2) is 24.8 Å². The lowest BCUT2D eigenvalue weighted by molar-refractivity contribution is -0.144. The van der Waals surface area contributed by atoms with Crippen LogP contribution in [0.3, 0.4) is 0 Å². The topological polar surface area (TPSA) is 46.5 Å². The predicted octanol–water partition coefficient (Wildman–Crippen LogP) is 1.97. The molecule has 2 atom stereocenters. The minimum atomic E-state index is -0.893. The van der Waals surface area contributed by atoms with Crippen LogP contribution < -0.4 is 0 Å². The summed E-state index contributed by atoms with van der Waals surface area (Å²) in [6.45, 7) is 7.10. The van der Waals surface area contributed by atoms with Gasteiger partial charge in [0.15, 0.2) is 0 Å². The number of hydrogen-bond donors (Lipinski definition) is 1. The highest BCUT2D eigenvalue weighted by molar-refractivity contribution is 5.72. The van der Waals surface area contributed by atoms with Crippen LogP contribution in [0.25, 0.3) is 0 Å². The largest absolute Gasteiger partial charge is 0.455 e. The summed E-state index contributed by atoms with van der Waals surface area (Å²) < 4.78 is 5.16. The van der Waals surface area contributed by atoms with E-state index in [1.165, 1.54) is 6.08 Å². The summed E-state index contributed by atoms with van der Waals surface area (Å²) in [6, 6.07) is 0. The molecule has 0 unspecified atom stereocenters. The van der Waals surface area contributed by atoms with Gasteiger partial charge in [-0.2, -0.15) is 0 Å². The van der Waals surface area contributed by atoms with E-state index in [-0.39, 0.29) is 5.97 Å². The number of cyclic esters (lactones) is 1. The second-order valence-electron chi connectivity index (χ2n) is 4.45. The quantitative estimate of drug-likeness (QED) is 0.570. The molecule has 84 valence electrons. The van der Waals surface area contributed by atoms with E-state index in [1.54, 1.807) is 6.92 Å². The van der Waals surface area contributed by atoms with Gasteiger partial charge in [0.05, 0.1) is 5.60 Å².